The summed E-state index contributed by atoms with van der Waals surface area (Å²) in [7, 11) is 0. The number of para-hydroxylation sites is 1. The molecule has 1 unspecified atom stereocenters. The summed E-state index contributed by atoms with van der Waals surface area (Å²) in [4.78, 5) is 33.6. The predicted octanol–water partition coefficient (Wildman–Crippen LogP) is 4.54. The van der Waals surface area contributed by atoms with E-state index in [0.29, 0.717) is 21.3 Å². The average Bonchev–Trinajstić information content (AvgIpc) is 3.51. The topological polar surface area (TPSA) is 118 Å². The second-order valence-corrected chi connectivity index (χ2v) is 10.8. The number of amides is 1. The third kappa shape index (κ3) is 5.14. The van der Waals surface area contributed by atoms with Crippen molar-refractivity contribution in [1.82, 2.24) is 29.9 Å². The Labute approximate surface area is 212 Å². The lowest BCUT2D eigenvalue weighted by atomic mass is 10.1. The highest BCUT2D eigenvalue weighted by Crippen LogP contribution is 2.35. The molecule has 0 bridgehead atoms. The molecule has 2 N–H and O–H groups in total. The van der Waals surface area contributed by atoms with Gasteiger partial charge in [-0.2, -0.15) is 5.10 Å². The van der Waals surface area contributed by atoms with Crippen molar-refractivity contribution >= 4 is 56.9 Å². The van der Waals surface area contributed by atoms with Crippen LogP contribution in [-0.2, 0) is 4.79 Å². The number of aromatic nitrogens is 6. The fourth-order valence-corrected chi connectivity index (χ4v) is 5.96. The number of carbonyl (C=O) groups excluding carboxylic acids is 1. The van der Waals surface area contributed by atoms with E-state index in [4.69, 9.17) is 0 Å². The van der Waals surface area contributed by atoms with E-state index < -0.39 is 5.25 Å². The Morgan fingerprint density at radius 3 is 2.60 bits per heavy atom. The molecular formula is C23H19N7O2S3. The fourth-order valence-electron chi connectivity index (χ4n) is 3.34. The van der Waals surface area contributed by atoms with Crippen molar-refractivity contribution in [3.05, 3.63) is 82.8 Å². The zero-order chi connectivity index (χ0) is 24.2. The third-order valence-corrected chi connectivity index (χ3v) is 7.88. The average molecular weight is 522 g/mol. The number of H-pyrrole nitrogens is 1. The highest BCUT2D eigenvalue weighted by atomic mass is 32.2. The van der Waals surface area contributed by atoms with Gasteiger partial charge in [-0.15, -0.1) is 10.2 Å². The molecule has 3 heterocycles. The summed E-state index contributed by atoms with van der Waals surface area (Å²) in [5, 5.41) is 15.8. The van der Waals surface area contributed by atoms with Gasteiger partial charge in [-0.25, -0.2) is 9.67 Å². The summed E-state index contributed by atoms with van der Waals surface area (Å²) in [6.45, 7) is 2.03. The molecule has 12 heteroatoms. The maximum absolute atomic E-state index is 13.3. The van der Waals surface area contributed by atoms with E-state index in [9.17, 15) is 9.59 Å². The molecule has 2 aromatic carbocycles. The summed E-state index contributed by atoms with van der Waals surface area (Å²) in [6.07, 6.45) is 1.49. The number of hydrogen-bond acceptors (Lipinski definition) is 9. The van der Waals surface area contributed by atoms with E-state index in [0.717, 1.165) is 33.1 Å². The second kappa shape index (κ2) is 10.4. The van der Waals surface area contributed by atoms with Crippen LogP contribution in [-0.4, -0.2) is 41.6 Å². The molecule has 176 valence electrons. The van der Waals surface area contributed by atoms with Crippen molar-refractivity contribution in [2.75, 3.05) is 11.1 Å². The molecule has 0 radical (unpaired) electrons. The van der Waals surface area contributed by atoms with Gasteiger partial charge >= 0.3 is 0 Å². The van der Waals surface area contributed by atoms with Crippen LogP contribution in [0.3, 0.4) is 0 Å². The van der Waals surface area contributed by atoms with Crippen molar-refractivity contribution in [2.24, 2.45) is 0 Å². The van der Waals surface area contributed by atoms with Crippen LogP contribution in [0, 0.1) is 0 Å². The van der Waals surface area contributed by atoms with E-state index in [1.807, 2.05) is 67.6 Å². The summed E-state index contributed by atoms with van der Waals surface area (Å²) in [5.74, 6) is 0.580. The number of hydrogen-bond donors (Lipinski definition) is 2. The first-order valence-electron chi connectivity index (χ1n) is 10.6. The lowest BCUT2D eigenvalue weighted by Crippen LogP contribution is -2.20. The van der Waals surface area contributed by atoms with Gasteiger partial charge in [-0.05, 0) is 23.4 Å². The first-order chi connectivity index (χ1) is 17.1. The van der Waals surface area contributed by atoms with Crippen LogP contribution in [0.25, 0.3) is 16.7 Å². The van der Waals surface area contributed by atoms with Crippen molar-refractivity contribution in [1.29, 1.82) is 0 Å². The zero-order valence-electron chi connectivity index (χ0n) is 18.4. The Morgan fingerprint density at radius 2 is 1.86 bits per heavy atom. The first kappa shape index (κ1) is 23.3. The number of thioether (sulfide) groups is 2. The van der Waals surface area contributed by atoms with E-state index in [1.165, 1.54) is 17.5 Å². The van der Waals surface area contributed by atoms with Gasteiger partial charge in [0.1, 0.15) is 10.6 Å². The SMILES string of the molecule is CCSc1nnc(NC(=O)C(Sc2nc3c(cnn3-c3ccccc3)c(=O)[nH]2)c2ccccc2)s1. The van der Waals surface area contributed by atoms with Gasteiger partial charge in [-0.1, -0.05) is 90.3 Å². The Morgan fingerprint density at radius 1 is 1.11 bits per heavy atom. The molecule has 5 aromatic rings. The van der Waals surface area contributed by atoms with Crippen LogP contribution in [0.2, 0.25) is 0 Å². The Hall–Kier alpha value is -3.48. The highest BCUT2D eigenvalue weighted by molar-refractivity contribution is 8.01. The molecule has 0 aliphatic rings. The number of carbonyl (C=O) groups is 1. The number of anilines is 1. The van der Waals surface area contributed by atoms with Crippen LogP contribution >= 0.6 is 34.9 Å². The smallest absolute Gasteiger partial charge is 0.262 e. The van der Waals surface area contributed by atoms with Gasteiger partial charge in [0.25, 0.3) is 5.56 Å². The quantitative estimate of drug-likeness (QED) is 0.174. The highest BCUT2D eigenvalue weighted by Gasteiger charge is 2.25. The summed E-state index contributed by atoms with van der Waals surface area (Å²) in [5.41, 5.74) is 1.64. The van der Waals surface area contributed by atoms with Gasteiger partial charge in [0.15, 0.2) is 15.1 Å². The molecule has 5 rings (SSSR count). The molecule has 0 saturated carbocycles. The van der Waals surface area contributed by atoms with Gasteiger partial charge in [0.05, 0.1) is 11.9 Å². The third-order valence-electron chi connectivity index (χ3n) is 4.89. The predicted molar refractivity (Wildman–Crippen MR) is 139 cm³/mol. The largest absolute Gasteiger partial charge is 0.301 e. The summed E-state index contributed by atoms with van der Waals surface area (Å²) in [6, 6.07) is 18.8. The van der Waals surface area contributed by atoms with Crippen LogP contribution in [0.4, 0.5) is 5.13 Å². The van der Waals surface area contributed by atoms with Crippen LogP contribution < -0.4 is 10.9 Å². The van der Waals surface area contributed by atoms with E-state index in [2.05, 4.69) is 30.6 Å². The maximum Gasteiger partial charge on any atom is 0.262 e. The van der Waals surface area contributed by atoms with Crippen LogP contribution in [0.5, 0.6) is 0 Å². The Balaban J connectivity index is 1.49. The molecule has 0 saturated heterocycles. The monoisotopic (exact) mass is 521 g/mol. The Bertz CT molecular complexity index is 1520. The number of benzene rings is 2. The van der Waals surface area contributed by atoms with Gasteiger partial charge < -0.3 is 4.98 Å². The zero-order valence-corrected chi connectivity index (χ0v) is 20.9. The molecular weight excluding hydrogens is 503 g/mol. The molecule has 1 atom stereocenters. The maximum atomic E-state index is 13.3. The van der Waals surface area contributed by atoms with Crippen molar-refractivity contribution in [3.63, 3.8) is 0 Å². The number of nitrogens with zero attached hydrogens (tertiary/aromatic N) is 5. The lowest BCUT2D eigenvalue weighted by molar-refractivity contribution is -0.115. The normalized spacial score (nSPS) is 12.0. The van der Waals surface area contributed by atoms with E-state index >= 15 is 0 Å². The van der Waals surface area contributed by atoms with Crippen molar-refractivity contribution in [2.45, 2.75) is 21.7 Å². The minimum absolute atomic E-state index is 0.287. The number of fused-ring (bicyclic) bond motifs is 1. The molecule has 9 nitrogen and oxygen atoms in total. The summed E-state index contributed by atoms with van der Waals surface area (Å²) < 4.78 is 2.40. The standard InChI is InChI=1S/C23H19N7O2S3/c1-2-33-23-29-28-22(35-23)27-20(32)17(14-9-5-3-6-10-14)34-21-25-18-16(19(31)26-21)13-24-30(18)15-11-7-4-8-12-15/h3-13,17H,2H2,1H3,(H,25,26,31)(H,27,28,32). The van der Waals surface area contributed by atoms with Crippen molar-refractivity contribution in [3.8, 4) is 5.69 Å². The molecule has 1 amide bonds. The van der Waals surface area contributed by atoms with E-state index in [-0.39, 0.29) is 11.5 Å². The van der Waals surface area contributed by atoms with Crippen LogP contribution in [0.1, 0.15) is 17.7 Å². The number of rotatable bonds is 8. The second-order valence-electron chi connectivity index (χ2n) is 7.20. The van der Waals surface area contributed by atoms with Crippen molar-refractivity contribution < 1.29 is 4.79 Å². The molecule has 0 aliphatic carbocycles. The van der Waals surface area contributed by atoms with Gasteiger partial charge in [0, 0.05) is 0 Å². The van der Waals surface area contributed by atoms with Crippen LogP contribution in [0.15, 0.2) is 81.2 Å². The fraction of sp³-hybridized carbons (Fsp3) is 0.130. The number of nitrogens with one attached hydrogen (secondary N) is 2. The molecule has 3 aromatic heterocycles. The number of aromatic amines is 1. The first-order valence-corrected chi connectivity index (χ1v) is 13.3. The lowest BCUT2D eigenvalue weighted by Gasteiger charge is -2.15. The minimum atomic E-state index is -0.684. The molecule has 0 fully saturated rings. The van der Waals surface area contributed by atoms with Gasteiger partial charge in [-0.3, -0.25) is 14.9 Å². The van der Waals surface area contributed by atoms with Gasteiger partial charge in [0.2, 0.25) is 11.0 Å². The van der Waals surface area contributed by atoms with E-state index in [1.54, 1.807) is 16.4 Å². The minimum Gasteiger partial charge on any atom is -0.301 e. The molecule has 35 heavy (non-hydrogen) atoms. The summed E-state index contributed by atoms with van der Waals surface area (Å²) >= 11 is 4.04. The Kier molecular flexibility index (Phi) is 6.93. The molecule has 0 spiro atoms. The molecule has 0 aliphatic heterocycles.